The maximum atomic E-state index is 11.2. The quantitative estimate of drug-likeness (QED) is 0.712. The summed E-state index contributed by atoms with van der Waals surface area (Å²) in [4.78, 5) is 26.9. The van der Waals surface area contributed by atoms with Crippen molar-refractivity contribution in [3.63, 3.8) is 0 Å². The topological polar surface area (TPSA) is 62.3 Å². The normalized spacial score (nSPS) is 9.29. The van der Waals surface area contributed by atoms with Gasteiger partial charge in [-0.25, -0.2) is 9.78 Å². The van der Waals surface area contributed by atoms with Crippen LogP contribution in [0.1, 0.15) is 10.4 Å². The molecule has 0 saturated heterocycles. The number of anilines is 1. The third-order valence-corrected chi connectivity index (χ3v) is 1.56. The average molecular weight is 193 g/mol. The van der Waals surface area contributed by atoms with E-state index >= 15 is 0 Å². The second-order valence-corrected chi connectivity index (χ2v) is 2.92. The minimum atomic E-state index is -0.277. The Morgan fingerprint density at radius 3 is 2.86 bits per heavy atom. The van der Waals surface area contributed by atoms with E-state index in [1.54, 1.807) is 20.2 Å². The monoisotopic (exact) mass is 193 g/mol. The number of amides is 2. The number of nitrogens with one attached hydrogen (secondary N) is 1. The first-order valence-corrected chi connectivity index (χ1v) is 4.03. The second kappa shape index (κ2) is 4.36. The van der Waals surface area contributed by atoms with Crippen molar-refractivity contribution in [1.82, 2.24) is 9.88 Å². The zero-order valence-electron chi connectivity index (χ0n) is 8.02. The number of carbonyl (C=O) groups excluding carboxylic acids is 2. The molecule has 0 aliphatic heterocycles. The number of aromatic nitrogens is 1. The van der Waals surface area contributed by atoms with Crippen LogP contribution >= 0.6 is 0 Å². The molecule has 0 spiro atoms. The van der Waals surface area contributed by atoms with E-state index < -0.39 is 0 Å². The van der Waals surface area contributed by atoms with E-state index in [0.29, 0.717) is 17.7 Å². The maximum Gasteiger partial charge on any atom is 0.322 e. The molecule has 0 aliphatic carbocycles. The van der Waals surface area contributed by atoms with Crippen molar-refractivity contribution in [1.29, 1.82) is 0 Å². The van der Waals surface area contributed by atoms with Crippen molar-refractivity contribution in [3.8, 4) is 0 Å². The fraction of sp³-hybridized carbons (Fsp3) is 0.222. The van der Waals surface area contributed by atoms with Crippen molar-refractivity contribution >= 4 is 18.1 Å². The number of carbonyl (C=O) groups is 2. The van der Waals surface area contributed by atoms with Gasteiger partial charge in [0.05, 0.1) is 0 Å². The number of hydrogen-bond acceptors (Lipinski definition) is 3. The molecule has 1 aromatic rings. The van der Waals surface area contributed by atoms with Crippen LogP contribution in [0.4, 0.5) is 10.6 Å². The standard InChI is InChI=1S/C9H11N3O2/c1-12(2)9(14)11-8-5-7(6-13)3-4-10-8/h3-6H,1-2H3,(H,10,11,14). The van der Waals surface area contributed by atoms with Crippen molar-refractivity contribution in [3.05, 3.63) is 23.9 Å². The van der Waals surface area contributed by atoms with Crippen LogP contribution in [0.25, 0.3) is 0 Å². The van der Waals surface area contributed by atoms with Gasteiger partial charge in [0.25, 0.3) is 0 Å². The fourth-order valence-electron chi connectivity index (χ4n) is 0.810. The van der Waals surface area contributed by atoms with Crippen LogP contribution in [-0.4, -0.2) is 36.3 Å². The molecule has 0 aliphatic rings. The first-order valence-electron chi connectivity index (χ1n) is 4.03. The molecule has 0 radical (unpaired) electrons. The molecule has 0 atom stereocenters. The van der Waals surface area contributed by atoms with Gasteiger partial charge in [-0.3, -0.25) is 10.1 Å². The predicted octanol–water partition coefficient (Wildman–Crippen LogP) is 0.988. The molecule has 74 valence electrons. The smallest absolute Gasteiger partial charge is 0.322 e. The molecule has 1 aromatic heterocycles. The lowest BCUT2D eigenvalue weighted by molar-refractivity contribution is 0.112. The summed E-state index contributed by atoms with van der Waals surface area (Å²) in [7, 11) is 3.25. The minimum absolute atomic E-state index is 0.277. The van der Waals surface area contributed by atoms with Gasteiger partial charge in [-0.05, 0) is 12.1 Å². The number of aldehydes is 1. The predicted molar refractivity (Wildman–Crippen MR) is 52.3 cm³/mol. The Labute approximate surface area is 81.7 Å². The van der Waals surface area contributed by atoms with Gasteiger partial charge in [-0.2, -0.15) is 0 Å². The highest BCUT2D eigenvalue weighted by molar-refractivity contribution is 5.88. The molecule has 1 rings (SSSR count). The largest absolute Gasteiger partial charge is 0.331 e. The summed E-state index contributed by atoms with van der Waals surface area (Å²) in [5.74, 6) is 0.369. The van der Waals surface area contributed by atoms with Crippen LogP contribution < -0.4 is 5.32 Å². The van der Waals surface area contributed by atoms with Crippen molar-refractivity contribution < 1.29 is 9.59 Å². The van der Waals surface area contributed by atoms with Gasteiger partial charge in [0, 0.05) is 25.9 Å². The third-order valence-electron chi connectivity index (χ3n) is 1.56. The first kappa shape index (κ1) is 10.2. The number of urea groups is 1. The Kier molecular flexibility index (Phi) is 3.17. The minimum Gasteiger partial charge on any atom is -0.331 e. The van der Waals surface area contributed by atoms with Crippen molar-refractivity contribution in [2.24, 2.45) is 0 Å². The van der Waals surface area contributed by atoms with Crippen molar-refractivity contribution in [2.45, 2.75) is 0 Å². The van der Waals surface area contributed by atoms with Crippen LogP contribution in [0.5, 0.6) is 0 Å². The zero-order valence-corrected chi connectivity index (χ0v) is 8.02. The van der Waals surface area contributed by atoms with E-state index in [4.69, 9.17) is 0 Å². The van der Waals surface area contributed by atoms with Crippen molar-refractivity contribution in [2.75, 3.05) is 19.4 Å². The van der Waals surface area contributed by atoms with E-state index in [1.165, 1.54) is 17.2 Å². The molecule has 1 N–H and O–H groups in total. The number of rotatable bonds is 2. The Morgan fingerprint density at radius 2 is 2.29 bits per heavy atom. The number of hydrogen-bond donors (Lipinski definition) is 1. The molecule has 0 bridgehead atoms. The molecule has 0 aromatic carbocycles. The molecule has 5 heteroatoms. The number of pyridine rings is 1. The highest BCUT2D eigenvalue weighted by Gasteiger charge is 2.04. The van der Waals surface area contributed by atoms with Crippen LogP contribution in [0.2, 0.25) is 0 Å². The molecule has 1 heterocycles. The van der Waals surface area contributed by atoms with Crippen LogP contribution in [-0.2, 0) is 0 Å². The highest BCUT2D eigenvalue weighted by Crippen LogP contribution is 2.04. The zero-order chi connectivity index (χ0) is 10.6. The molecule has 2 amide bonds. The average Bonchev–Trinajstić information content (AvgIpc) is 2.18. The highest BCUT2D eigenvalue weighted by atomic mass is 16.2. The summed E-state index contributed by atoms with van der Waals surface area (Å²) in [5, 5.41) is 2.53. The van der Waals surface area contributed by atoms with E-state index in [9.17, 15) is 9.59 Å². The Morgan fingerprint density at radius 1 is 1.57 bits per heavy atom. The summed E-state index contributed by atoms with van der Waals surface area (Å²) in [6.07, 6.45) is 2.17. The lowest BCUT2D eigenvalue weighted by Crippen LogP contribution is -2.27. The molecule has 5 nitrogen and oxygen atoms in total. The van der Waals surface area contributed by atoms with Gasteiger partial charge in [0.15, 0.2) is 0 Å². The van der Waals surface area contributed by atoms with E-state index in [1.807, 2.05) is 0 Å². The number of nitrogens with zero attached hydrogens (tertiary/aromatic N) is 2. The van der Waals surface area contributed by atoms with Gasteiger partial charge in [-0.1, -0.05) is 0 Å². The van der Waals surface area contributed by atoms with Crippen LogP contribution in [0, 0.1) is 0 Å². The SMILES string of the molecule is CN(C)C(=O)Nc1cc(C=O)ccn1. The first-order chi connectivity index (χ1) is 6.63. The van der Waals surface area contributed by atoms with Crippen LogP contribution in [0.3, 0.4) is 0 Å². The van der Waals surface area contributed by atoms with E-state index in [2.05, 4.69) is 10.3 Å². The van der Waals surface area contributed by atoms with Gasteiger partial charge >= 0.3 is 6.03 Å². The molecule has 0 unspecified atom stereocenters. The van der Waals surface area contributed by atoms with E-state index in [-0.39, 0.29) is 6.03 Å². The van der Waals surface area contributed by atoms with Gasteiger partial charge in [0.2, 0.25) is 0 Å². The van der Waals surface area contributed by atoms with E-state index in [0.717, 1.165) is 0 Å². The molecular formula is C9H11N3O2. The lowest BCUT2D eigenvalue weighted by Gasteiger charge is -2.10. The summed E-state index contributed by atoms with van der Waals surface area (Å²) >= 11 is 0. The van der Waals surface area contributed by atoms with Gasteiger partial charge < -0.3 is 4.90 Å². The summed E-state index contributed by atoms with van der Waals surface area (Å²) in [6.45, 7) is 0. The Hall–Kier alpha value is -1.91. The Bertz CT molecular complexity index is 350. The second-order valence-electron chi connectivity index (χ2n) is 2.92. The summed E-state index contributed by atoms with van der Waals surface area (Å²) < 4.78 is 0. The molecule has 0 fully saturated rings. The summed E-state index contributed by atoms with van der Waals surface area (Å²) in [5.41, 5.74) is 0.481. The molecular weight excluding hydrogens is 182 g/mol. The maximum absolute atomic E-state index is 11.2. The van der Waals surface area contributed by atoms with Gasteiger partial charge in [0.1, 0.15) is 12.1 Å². The van der Waals surface area contributed by atoms with Gasteiger partial charge in [-0.15, -0.1) is 0 Å². The lowest BCUT2D eigenvalue weighted by atomic mass is 10.3. The fourth-order valence-corrected chi connectivity index (χ4v) is 0.810. The molecule has 14 heavy (non-hydrogen) atoms. The van der Waals surface area contributed by atoms with Crippen LogP contribution in [0.15, 0.2) is 18.3 Å². The third kappa shape index (κ3) is 2.55. The summed E-state index contributed by atoms with van der Waals surface area (Å²) in [6, 6.07) is 2.80. The molecule has 0 saturated carbocycles. The Balaban J connectivity index is 2.76.